The topological polar surface area (TPSA) is 37.6 Å². The first-order valence-electron chi connectivity index (χ1n) is 7.88. The molecule has 0 aliphatic heterocycles. The fourth-order valence-corrected chi connectivity index (χ4v) is 2.77. The van der Waals surface area contributed by atoms with Crippen molar-refractivity contribution < 1.29 is 4.79 Å². The lowest BCUT2D eigenvalue weighted by atomic mass is 10.2. The summed E-state index contributed by atoms with van der Waals surface area (Å²) >= 11 is 0. The number of hydrogen-bond acceptors (Lipinski definition) is 2. The molecule has 0 spiro atoms. The molecule has 1 aromatic carbocycles. The molecule has 4 nitrogen and oxygen atoms in total. The second-order valence-electron chi connectivity index (χ2n) is 5.86. The summed E-state index contributed by atoms with van der Waals surface area (Å²) in [6.07, 6.45) is 4.21. The summed E-state index contributed by atoms with van der Waals surface area (Å²) in [5.41, 5.74) is 4.93. The first-order chi connectivity index (χ1) is 11.1. The number of imidazole rings is 1. The van der Waals surface area contributed by atoms with E-state index in [-0.39, 0.29) is 5.91 Å². The van der Waals surface area contributed by atoms with E-state index in [0.29, 0.717) is 13.0 Å². The Morgan fingerprint density at radius 2 is 1.96 bits per heavy atom. The third-order valence-corrected chi connectivity index (χ3v) is 3.93. The van der Waals surface area contributed by atoms with Gasteiger partial charge in [0.25, 0.3) is 0 Å². The predicted octanol–water partition coefficient (Wildman–Crippen LogP) is 3.55. The average molecular weight is 307 g/mol. The van der Waals surface area contributed by atoms with E-state index in [2.05, 4.69) is 4.98 Å². The van der Waals surface area contributed by atoms with Crippen molar-refractivity contribution in [3.05, 3.63) is 65.6 Å². The molecule has 2 heterocycles. The van der Waals surface area contributed by atoms with Gasteiger partial charge in [-0.25, -0.2) is 4.98 Å². The van der Waals surface area contributed by atoms with Gasteiger partial charge in [0.15, 0.2) is 0 Å². The number of benzene rings is 1. The number of aromatic nitrogens is 2. The van der Waals surface area contributed by atoms with E-state index in [0.717, 1.165) is 28.2 Å². The summed E-state index contributed by atoms with van der Waals surface area (Å²) in [6.45, 7) is 6.71. The molecule has 0 radical (unpaired) electrons. The molecule has 4 heteroatoms. The molecule has 118 valence electrons. The Morgan fingerprint density at radius 1 is 1.17 bits per heavy atom. The number of pyridine rings is 1. The van der Waals surface area contributed by atoms with Crippen molar-refractivity contribution in [2.75, 3.05) is 11.4 Å². The summed E-state index contributed by atoms with van der Waals surface area (Å²) in [4.78, 5) is 19.0. The highest BCUT2D eigenvalue weighted by Crippen LogP contribution is 2.17. The summed E-state index contributed by atoms with van der Waals surface area (Å²) in [7, 11) is 0. The summed E-state index contributed by atoms with van der Waals surface area (Å²) in [5, 5.41) is 0. The largest absolute Gasteiger partial charge is 0.312 e. The molecular weight excluding hydrogens is 286 g/mol. The Balaban J connectivity index is 1.83. The quantitative estimate of drug-likeness (QED) is 0.739. The van der Waals surface area contributed by atoms with Crippen LogP contribution in [0.25, 0.3) is 5.65 Å². The molecule has 0 saturated carbocycles. The fourth-order valence-electron chi connectivity index (χ4n) is 2.77. The molecule has 0 aliphatic rings. The monoisotopic (exact) mass is 307 g/mol. The zero-order chi connectivity index (χ0) is 16.4. The molecule has 3 aromatic rings. The van der Waals surface area contributed by atoms with Crippen molar-refractivity contribution in [3.63, 3.8) is 0 Å². The maximum atomic E-state index is 12.7. The van der Waals surface area contributed by atoms with Crippen LogP contribution in [0.15, 0.2) is 48.8 Å². The van der Waals surface area contributed by atoms with E-state index in [1.165, 1.54) is 0 Å². The van der Waals surface area contributed by atoms with Gasteiger partial charge in [0, 0.05) is 24.6 Å². The van der Waals surface area contributed by atoms with E-state index < -0.39 is 0 Å². The van der Waals surface area contributed by atoms with Crippen LogP contribution in [0.1, 0.15) is 23.7 Å². The van der Waals surface area contributed by atoms with E-state index in [1.807, 2.05) is 78.9 Å². The Bertz CT molecular complexity index is 851. The third kappa shape index (κ3) is 3.26. The lowest BCUT2D eigenvalue weighted by Gasteiger charge is -2.21. The molecule has 0 atom stereocenters. The summed E-state index contributed by atoms with van der Waals surface area (Å²) in [5.74, 6) is 0.0678. The highest BCUT2D eigenvalue weighted by Gasteiger charge is 2.16. The molecule has 0 saturated heterocycles. The highest BCUT2D eigenvalue weighted by molar-refractivity contribution is 5.94. The number of hydrogen-bond donors (Lipinski definition) is 0. The van der Waals surface area contributed by atoms with Crippen LogP contribution in [0.4, 0.5) is 5.69 Å². The van der Waals surface area contributed by atoms with Crippen LogP contribution in [0.2, 0.25) is 0 Å². The zero-order valence-corrected chi connectivity index (χ0v) is 13.8. The Hall–Kier alpha value is -2.62. The van der Waals surface area contributed by atoms with Gasteiger partial charge < -0.3 is 9.30 Å². The standard InChI is InChI=1S/C19H21N3O/c1-4-22(17-7-5-6-14(2)10-17)19(23)12-16-13-21-9-8-15(3)11-18(21)20-16/h5-11,13H,4,12H2,1-3H3. The van der Waals surface area contributed by atoms with Gasteiger partial charge >= 0.3 is 0 Å². The van der Waals surface area contributed by atoms with Crippen LogP contribution in [0.5, 0.6) is 0 Å². The minimum absolute atomic E-state index is 0.0678. The van der Waals surface area contributed by atoms with Crippen molar-refractivity contribution in [2.45, 2.75) is 27.2 Å². The van der Waals surface area contributed by atoms with Gasteiger partial charge in [-0.15, -0.1) is 0 Å². The number of anilines is 1. The first-order valence-corrected chi connectivity index (χ1v) is 7.88. The lowest BCUT2D eigenvalue weighted by molar-refractivity contribution is -0.118. The third-order valence-electron chi connectivity index (χ3n) is 3.93. The molecule has 23 heavy (non-hydrogen) atoms. The Kier molecular flexibility index (Phi) is 4.15. The number of fused-ring (bicyclic) bond motifs is 1. The number of aryl methyl sites for hydroxylation is 2. The molecule has 3 rings (SSSR count). The van der Waals surface area contributed by atoms with Crippen LogP contribution in [-0.4, -0.2) is 21.8 Å². The highest BCUT2D eigenvalue weighted by atomic mass is 16.2. The van der Waals surface area contributed by atoms with Gasteiger partial charge in [-0.2, -0.15) is 0 Å². The van der Waals surface area contributed by atoms with Crippen LogP contribution < -0.4 is 4.90 Å². The van der Waals surface area contributed by atoms with Crippen molar-refractivity contribution >= 4 is 17.2 Å². The van der Waals surface area contributed by atoms with Gasteiger partial charge in [0.2, 0.25) is 5.91 Å². The second-order valence-corrected chi connectivity index (χ2v) is 5.86. The maximum absolute atomic E-state index is 12.7. The number of likely N-dealkylation sites (N-methyl/N-ethyl adjacent to an activating group) is 1. The molecule has 0 bridgehead atoms. The van der Waals surface area contributed by atoms with Crippen molar-refractivity contribution in [2.24, 2.45) is 0 Å². The van der Waals surface area contributed by atoms with Crippen molar-refractivity contribution in [1.29, 1.82) is 0 Å². The lowest BCUT2D eigenvalue weighted by Crippen LogP contribution is -2.32. The van der Waals surface area contributed by atoms with Crippen LogP contribution in [0, 0.1) is 13.8 Å². The molecule has 0 N–H and O–H groups in total. The SMILES string of the molecule is CCN(C(=O)Cc1cn2ccc(C)cc2n1)c1cccc(C)c1. The zero-order valence-electron chi connectivity index (χ0n) is 13.8. The minimum atomic E-state index is 0.0678. The Morgan fingerprint density at radius 3 is 2.70 bits per heavy atom. The number of carbonyl (C=O) groups excluding carboxylic acids is 1. The van der Waals surface area contributed by atoms with Gasteiger partial charge in [-0.1, -0.05) is 12.1 Å². The normalized spacial score (nSPS) is 10.9. The molecule has 2 aromatic heterocycles. The smallest absolute Gasteiger partial charge is 0.233 e. The maximum Gasteiger partial charge on any atom is 0.233 e. The number of amides is 1. The fraction of sp³-hybridized carbons (Fsp3) is 0.263. The number of rotatable bonds is 4. The van der Waals surface area contributed by atoms with E-state index in [4.69, 9.17) is 0 Å². The number of nitrogens with zero attached hydrogens (tertiary/aromatic N) is 3. The summed E-state index contributed by atoms with van der Waals surface area (Å²) < 4.78 is 1.96. The van der Waals surface area contributed by atoms with Gasteiger partial charge in [-0.05, 0) is 56.2 Å². The Labute approximate surface area is 136 Å². The second kappa shape index (κ2) is 6.24. The van der Waals surface area contributed by atoms with E-state index in [9.17, 15) is 4.79 Å². The molecule has 0 aliphatic carbocycles. The molecular formula is C19H21N3O. The molecule has 1 amide bonds. The van der Waals surface area contributed by atoms with Gasteiger partial charge in [0.05, 0.1) is 12.1 Å². The van der Waals surface area contributed by atoms with Gasteiger partial charge in [0.1, 0.15) is 5.65 Å². The molecule has 0 fully saturated rings. The molecule has 0 unspecified atom stereocenters. The van der Waals surface area contributed by atoms with Crippen LogP contribution in [-0.2, 0) is 11.2 Å². The van der Waals surface area contributed by atoms with Crippen molar-refractivity contribution in [1.82, 2.24) is 9.38 Å². The average Bonchev–Trinajstić information content (AvgIpc) is 2.89. The summed E-state index contributed by atoms with van der Waals surface area (Å²) in [6, 6.07) is 12.1. The van der Waals surface area contributed by atoms with Crippen molar-refractivity contribution in [3.8, 4) is 0 Å². The van der Waals surface area contributed by atoms with E-state index in [1.54, 1.807) is 0 Å². The predicted molar refractivity (Wildman–Crippen MR) is 92.8 cm³/mol. The minimum Gasteiger partial charge on any atom is -0.312 e. The first kappa shape index (κ1) is 15.3. The van der Waals surface area contributed by atoms with Crippen LogP contribution in [0.3, 0.4) is 0 Å². The van der Waals surface area contributed by atoms with E-state index >= 15 is 0 Å². The van der Waals surface area contributed by atoms with Gasteiger partial charge in [-0.3, -0.25) is 4.79 Å². The number of carbonyl (C=O) groups is 1. The van der Waals surface area contributed by atoms with Crippen LogP contribution >= 0.6 is 0 Å².